The number of fused-ring (bicyclic) bond motifs is 10. The van der Waals surface area contributed by atoms with E-state index in [1.165, 1.54) is 90.3 Å². The minimum Gasteiger partial charge on any atom is -0.282 e. The van der Waals surface area contributed by atoms with Crippen LogP contribution in [0, 0.1) is 0 Å². The molecule has 0 bridgehead atoms. The number of carbonyl (C=O) groups excluding carboxylic acids is 2. The molecule has 0 aromatic heterocycles. The van der Waals surface area contributed by atoms with Crippen molar-refractivity contribution < 1.29 is 9.59 Å². The molecule has 11 rings (SSSR count). The van der Waals surface area contributed by atoms with Gasteiger partial charge in [-0.3, -0.25) is 19.4 Å². The number of rotatable bonds is 15. The van der Waals surface area contributed by atoms with Crippen molar-refractivity contribution in [1.29, 1.82) is 0 Å². The lowest BCUT2D eigenvalue weighted by molar-refractivity contribution is -0.122. The Kier molecular flexibility index (Phi) is 11.6. The molecule has 0 saturated heterocycles. The Morgan fingerprint density at radius 2 is 0.855 bits per heavy atom. The van der Waals surface area contributed by atoms with Crippen LogP contribution in [0.15, 0.2) is 157 Å². The summed E-state index contributed by atoms with van der Waals surface area (Å²) < 4.78 is 0. The maximum atomic E-state index is 15.2. The van der Waals surface area contributed by atoms with E-state index in [1.807, 2.05) is 36.7 Å². The first-order chi connectivity index (χ1) is 33.6. The molecule has 5 aliphatic rings. The molecular formula is C65H64N2O2. The summed E-state index contributed by atoms with van der Waals surface area (Å²) in [7, 11) is 0. The lowest BCUT2D eigenvalue weighted by Crippen LogP contribution is -2.28. The van der Waals surface area contributed by atoms with Crippen molar-refractivity contribution >= 4 is 34.4 Å². The van der Waals surface area contributed by atoms with Gasteiger partial charge in [-0.2, -0.15) is 0 Å². The zero-order valence-electron chi connectivity index (χ0n) is 41.3. The average Bonchev–Trinajstić information content (AvgIpc) is 3.95. The third-order valence-electron chi connectivity index (χ3n) is 15.9. The van der Waals surface area contributed by atoms with E-state index in [4.69, 9.17) is 0 Å². The highest BCUT2D eigenvalue weighted by Gasteiger charge is 2.51. The average molecular weight is 905 g/mol. The maximum Gasteiger partial charge on any atom is 0.265 e. The third kappa shape index (κ3) is 7.32. The second kappa shape index (κ2) is 17.9. The number of unbranched alkanes of at least 4 members (excludes halogenated alkanes) is 6. The predicted molar refractivity (Wildman–Crippen MR) is 285 cm³/mol. The second-order valence-electron chi connectivity index (χ2n) is 20.8. The summed E-state index contributed by atoms with van der Waals surface area (Å²) in [5.41, 5.74) is 20.9. The molecule has 0 spiro atoms. The van der Waals surface area contributed by atoms with E-state index < -0.39 is 0 Å². The standard InChI is InChI=1S/C65H64N2O2/c1-7-9-11-19-33-65(34-20-12-10-8-2)57-37-46(42(5)6)25-29-49(57)50-30-27-48(38-58(50)65)47-28-32-52-54(36-47)56(44-23-17-14-18-24-44)40-67-62(52)60-59(63(67)68)61-51-31-26-45(41(3)4)35-53(51)55(39-66(61)64(60)69)43-21-15-13-16-22-43/h13-18,21-32,35-42H,7-12,19-20,33-34H2,1-6H3. The number of nitrogens with zero attached hydrogens (tertiary/aromatic N) is 2. The summed E-state index contributed by atoms with van der Waals surface area (Å²) in [4.78, 5) is 33.8. The van der Waals surface area contributed by atoms with E-state index in [0.29, 0.717) is 34.4 Å². The van der Waals surface area contributed by atoms with Crippen molar-refractivity contribution in [3.63, 3.8) is 0 Å². The topological polar surface area (TPSA) is 40.6 Å². The van der Waals surface area contributed by atoms with Crippen molar-refractivity contribution in [2.45, 2.75) is 123 Å². The number of amides is 2. The lowest BCUT2D eigenvalue weighted by atomic mass is 9.70. The van der Waals surface area contributed by atoms with Crippen LogP contribution < -0.4 is 0 Å². The third-order valence-corrected chi connectivity index (χ3v) is 15.9. The van der Waals surface area contributed by atoms with E-state index in [-0.39, 0.29) is 17.2 Å². The maximum absolute atomic E-state index is 15.2. The molecule has 0 unspecified atom stereocenters. The van der Waals surface area contributed by atoms with Gasteiger partial charge in [0.25, 0.3) is 11.8 Å². The molecule has 1 aliphatic carbocycles. The summed E-state index contributed by atoms with van der Waals surface area (Å²) in [6.45, 7) is 13.7. The van der Waals surface area contributed by atoms with Gasteiger partial charge in [-0.1, -0.05) is 214 Å². The van der Waals surface area contributed by atoms with Crippen LogP contribution in [-0.2, 0) is 15.0 Å². The summed E-state index contributed by atoms with van der Waals surface area (Å²) in [5, 5.41) is 0. The van der Waals surface area contributed by atoms with Crippen LogP contribution in [-0.4, -0.2) is 21.6 Å². The molecule has 6 aromatic rings. The van der Waals surface area contributed by atoms with Crippen molar-refractivity contribution in [3.05, 3.63) is 213 Å². The molecule has 346 valence electrons. The van der Waals surface area contributed by atoms with Crippen molar-refractivity contribution in [2.24, 2.45) is 0 Å². The molecule has 6 aromatic carbocycles. The largest absolute Gasteiger partial charge is 0.282 e. The first-order valence-corrected chi connectivity index (χ1v) is 25.9. The fraction of sp³-hybridized carbons (Fsp3) is 0.292. The summed E-state index contributed by atoms with van der Waals surface area (Å²) >= 11 is 0. The number of benzene rings is 6. The Morgan fingerprint density at radius 3 is 1.36 bits per heavy atom. The van der Waals surface area contributed by atoms with Crippen molar-refractivity contribution in [1.82, 2.24) is 9.80 Å². The number of hydrogen-bond donors (Lipinski definition) is 0. The molecule has 4 heteroatoms. The Balaban J connectivity index is 1.07. The highest BCUT2D eigenvalue weighted by atomic mass is 16.2. The molecule has 0 fully saturated rings. The van der Waals surface area contributed by atoms with Gasteiger partial charge < -0.3 is 0 Å². The van der Waals surface area contributed by atoms with Crippen LogP contribution in [0.3, 0.4) is 0 Å². The van der Waals surface area contributed by atoms with Gasteiger partial charge in [0.1, 0.15) is 0 Å². The Morgan fingerprint density at radius 1 is 0.420 bits per heavy atom. The molecule has 0 N–H and O–H groups in total. The molecule has 69 heavy (non-hydrogen) atoms. The zero-order valence-corrected chi connectivity index (χ0v) is 41.3. The lowest BCUT2D eigenvalue weighted by Gasteiger charge is -2.34. The highest BCUT2D eigenvalue weighted by Crippen LogP contribution is 2.57. The zero-order chi connectivity index (χ0) is 47.6. The van der Waals surface area contributed by atoms with Gasteiger partial charge in [0.05, 0.1) is 22.5 Å². The Bertz CT molecular complexity index is 3170. The van der Waals surface area contributed by atoms with E-state index in [9.17, 15) is 0 Å². The summed E-state index contributed by atoms with van der Waals surface area (Å²) in [6, 6.07) is 48.6. The highest BCUT2D eigenvalue weighted by molar-refractivity contribution is 6.32. The Labute approximate surface area is 409 Å². The van der Waals surface area contributed by atoms with Crippen molar-refractivity contribution in [3.8, 4) is 22.3 Å². The van der Waals surface area contributed by atoms with Gasteiger partial charge in [0.15, 0.2) is 0 Å². The quantitative estimate of drug-likeness (QED) is 0.0964. The van der Waals surface area contributed by atoms with Gasteiger partial charge >= 0.3 is 0 Å². The van der Waals surface area contributed by atoms with Gasteiger partial charge in [-0.15, -0.1) is 0 Å². The molecule has 0 radical (unpaired) electrons. The smallest absolute Gasteiger partial charge is 0.265 e. The second-order valence-corrected chi connectivity index (χ2v) is 20.8. The van der Waals surface area contributed by atoms with E-state index in [1.54, 1.807) is 9.80 Å². The molecule has 0 atom stereocenters. The molecule has 4 nitrogen and oxygen atoms in total. The van der Waals surface area contributed by atoms with E-state index in [2.05, 4.69) is 151 Å². The van der Waals surface area contributed by atoms with Crippen LogP contribution in [0.4, 0.5) is 0 Å². The first kappa shape index (κ1) is 44.7. The van der Waals surface area contributed by atoms with Gasteiger partial charge in [0, 0.05) is 40.1 Å². The molecule has 2 amide bonds. The summed E-state index contributed by atoms with van der Waals surface area (Å²) in [6.07, 6.45) is 16.2. The number of hydrogen-bond acceptors (Lipinski definition) is 2. The number of carbonyl (C=O) groups is 2. The van der Waals surface area contributed by atoms with Crippen LogP contribution in [0.1, 0.15) is 173 Å². The van der Waals surface area contributed by atoms with Gasteiger partial charge in [-0.05, 0) is 104 Å². The first-order valence-electron chi connectivity index (χ1n) is 25.9. The van der Waals surface area contributed by atoms with Crippen LogP contribution in [0.2, 0.25) is 0 Å². The molecule has 4 heterocycles. The molecule has 4 aliphatic heterocycles. The van der Waals surface area contributed by atoms with Crippen molar-refractivity contribution in [2.75, 3.05) is 0 Å². The minimum absolute atomic E-state index is 0.0454. The fourth-order valence-electron chi connectivity index (χ4n) is 12.1. The van der Waals surface area contributed by atoms with Crippen LogP contribution in [0.5, 0.6) is 0 Å². The minimum atomic E-state index is -0.169. The predicted octanol–water partition coefficient (Wildman–Crippen LogP) is 16.4. The Hall–Kier alpha value is -6.78. The normalized spacial score (nSPS) is 16.1. The molecular weight excluding hydrogens is 841 g/mol. The van der Waals surface area contributed by atoms with Gasteiger partial charge in [0.2, 0.25) is 0 Å². The van der Waals surface area contributed by atoms with Crippen LogP contribution >= 0.6 is 0 Å². The summed E-state index contributed by atoms with van der Waals surface area (Å²) in [5.74, 6) is 0.437. The van der Waals surface area contributed by atoms with Crippen LogP contribution in [0.25, 0.3) is 44.8 Å². The van der Waals surface area contributed by atoms with Gasteiger partial charge in [-0.25, -0.2) is 0 Å². The fourth-order valence-corrected chi connectivity index (χ4v) is 12.1. The molecule has 0 saturated carbocycles. The SMILES string of the molecule is CCCCCCC1(CCCCCC)c2cc(-c3ccc4c(c3)C(c3ccccc3)=CN3C(=O)C5=C6c7ccc(C(C)C)cc7C(c7ccccc7)=CN6C(=O)C5=C43)ccc2-c2ccc(C(C)C)cc21. The van der Waals surface area contributed by atoms with E-state index >= 15 is 9.59 Å². The van der Waals surface area contributed by atoms with E-state index in [0.717, 1.165) is 62.9 Å². The monoisotopic (exact) mass is 904 g/mol.